The molecule has 2 heterocycles. The molecule has 10 heteroatoms. The lowest BCUT2D eigenvalue weighted by molar-refractivity contribution is 0.0909. The fourth-order valence-electron chi connectivity index (χ4n) is 3.46. The minimum atomic E-state index is -3.11. The topological polar surface area (TPSA) is 111 Å². The van der Waals surface area contributed by atoms with Gasteiger partial charge in [-0.15, -0.1) is 0 Å². The standard InChI is InChI=1S/C20H27N3O5S2/c1-28-17-5-3-14(4-6-17)19-11-18(20(25)21-15(12-24)7-9-29-2)22-23(19)16-8-10-30(26,27)13-16/h3-6,11,15-16,24H,7-10,12-13H2,1-2H3,(H,21,25). The predicted molar refractivity (Wildman–Crippen MR) is 118 cm³/mol. The summed E-state index contributed by atoms with van der Waals surface area (Å²) in [5, 5.41) is 16.8. The molecule has 1 aliphatic heterocycles. The number of hydrogen-bond donors (Lipinski definition) is 2. The molecule has 0 aliphatic carbocycles. The highest BCUT2D eigenvalue weighted by Gasteiger charge is 2.32. The Morgan fingerprint density at radius 1 is 1.40 bits per heavy atom. The van der Waals surface area contributed by atoms with Crippen molar-refractivity contribution < 1.29 is 23.1 Å². The summed E-state index contributed by atoms with van der Waals surface area (Å²) in [7, 11) is -1.53. The summed E-state index contributed by atoms with van der Waals surface area (Å²) in [6.45, 7) is -0.154. The summed E-state index contributed by atoms with van der Waals surface area (Å²) in [4.78, 5) is 12.8. The third-order valence-corrected chi connectivity index (χ3v) is 7.53. The molecule has 8 nitrogen and oxygen atoms in total. The lowest BCUT2D eigenvalue weighted by Gasteiger charge is -2.15. The Kier molecular flexibility index (Phi) is 7.43. The molecule has 0 radical (unpaired) electrons. The van der Waals surface area contributed by atoms with Crippen LogP contribution in [0.1, 0.15) is 29.4 Å². The number of methoxy groups -OCH3 is 1. The van der Waals surface area contributed by atoms with Crippen LogP contribution < -0.4 is 10.1 Å². The smallest absolute Gasteiger partial charge is 0.272 e. The van der Waals surface area contributed by atoms with Crippen LogP contribution in [0.5, 0.6) is 5.75 Å². The molecule has 30 heavy (non-hydrogen) atoms. The van der Waals surface area contributed by atoms with E-state index in [1.807, 2.05) is 30.5 Å². The summed E-state index contributed by atoms with van der Waals surface area (Å²) in [5.41, 5.74) is 1.69. The highest BCUT2D eigenvalue weighted by atomic mass is 32.2. The maximum Gasteiger partial charge on any atom is 0.272 e. The molecular weight excluding hydrogens is 426 g/mol. The van der Waals surface area contributed by atoms with Crippen LogP contribution in [0.4, 0.5) is 0 Å². The number of ether oxygens (including phenoxy) is 1. The highest BCUT2D eigenvalue weighted by Crippen LogP contribution is 2.31. The largest absolute Gasteiger partial charge is 0.497 e. The van der Waals surface area contributed by atoms with Crippen molar-refractivity contribution in [2.75, 3.05) is 37.2 Å². The van der Waals surface area contributed by atoms with Gasteiger partial charge in [0.15, 0.2) is 15.5 Å². The van der Waals surface area contributed by atoms with Gasteiger partial charge in [0.05, 0.1) is 43.0 Å². The summed E-state index contributed by atoms with van der Waals surface area (Å²) in [6, 6.07) is 8.32. The number of nitrogens with zero attached hydrogens (tertiary/aromatic N) is 2. The zero-order valence-electron chi connectivity index (χ0n) is 17.1. The molecule has 164 valence electrons. The lowest BCUT2D eigenvalue weighted by Crippen LogP contribution is -2.38. The molecule has 1 fully saturated rings. The van der Waals surface area contributed by atoms with Crippen LogP contribution in [-0.4, -0.2) is 72.5 Å². The van der Waals surface area contributed by atoms with Crippen LogP contribution in [-0.2, 0) is 9.84 Å². The van der Waals surface area contributed by atoms with Crippen LogP contribution >= 0.6 is 11.8 Å². The molecule has 1 aromatic carbocycles. The predicted octanol–water partition coefficient (Wildman–Crippen LogP) is 1.76. The van der Waals surface area contributed by atoms with Crippen molar-refractivity contribution in [1.29, 1.82) is 0 Å². The van der Waals surface area contributed by atoms with Crippen molar-refractivity contribution in [3.63, 3.8) is 0 Å². The molecule has 1 aliphatic rings. The van der Waals surface area contributed by atoms with E-state index in [0.29, 0.717) is 24.3 Å². The Labute approximate surface area is 180 Å². The normalized spacial score (nSPS) is 18.8. The lowest BCUT2D eigenvalue weighted by atomic mass is 10.1. The molecule has 2 aromatic rings. The Morgan fingerprint density at radius 2 is 2.13 bits per heavy atom. The number of sulfone groups is 1. The number of nitrogens with one attached hydrogen (secondary N) is 1. The van der Waals surface area contributed by atoms with Gasteiger partial charge in [0.2, 0.25) is 0 Å². The number of aliphatic hydroxyl groups excluding tert-OH is 1. The summed E-state index contributed by atoms with van der Waals surface area (Å²) < 4.78 is 30.9. The third-order valence-electron chi connectivity index (χ3n) is 5.13. The first-order chi connectivity index (χ1) is 14.4. The van der Waals surface area contributed by atoms with E-state index >= 15 is 0 Å². The molecule has 3 rings (SSSR count). The fourth-order valence-corrected chi connectivity index (χ4v) is 5.67. The van der Waals surface area contributed by atoms with Gasteiger partial charge in [0.25, 0.3) is 5.91 Å². The first-order valence-corrected chi connectivity index (χ1v) is 12.9. The first-order valence-electron chi connectivity index (χ1n) is 9.72. The van der Waals surface area contributed by atoms with Gasteiger partial charge in [-0.25, -0.2) is 8.42 Å². The number of rotatable bonds is 9. The molecule has 0 bridgehead atoms. The van der Waals surface area contributed by atoms with Crippen LogP contribution in [0.3, 0.4) is 0 Å². The Balaban J connectivity index is 1.92. The number of carbonyl (C=O) groups excluding carboxylic acids is 1. The first kappa shape index (κ1) is 22.6. The van der Waals surface area contributed by atoms with Gasteiger partial charge in [0, 0.05) is 5.56 Å². The van der Waals surface area contributed by atoms with E-state index in [4.69, 9.17) is 4.74 Å². The quantitative estimate of drug-likeness (QED) is 0.595. The number of benzene rings is 1. The summed E-state index contributed by atoms with van der Waals surface area (Å²) >= 11 is 1.64. The number of thioether (sulfide) groups is 1. The van der Waals surface area contributed by atoms with Gasteiger partial charge >= 0.3 is 0 Å². The van der Waals surface area contributed by atoms with E-state index in [-0.39, 0.29) is 41.8 Å². The van der Waals surface area contributed by atoms with Crippen molar-refractivity contribution in [3.8, 4) is 17.0 Å². The molecule has 1 amide bonds. The maximum absolute atomic E-state index is 12.8. The number of aromatic nitrogens is 2. The molecule has 0 saturated carbocycles. The van der Waals surface area contributed by atoms with Crippen LogP contribution in [0.25, 0.3) is 11.3 Å². The second-order valence-electron chi connectivity index (χ2n) is 7.28. The van der Waals surface area contributed by atoms with Crippen molar-refractivity contribution in [2.45, 2.75) is 24.9 Å². The van der Waals surface area contributed by atoms with Crippen LogP contribution in [0.15, 0.2) is 30.3 Å². The van der Waals surface area contributed by atoms with Gasteiger partial charge in [0.1, 0.15) is 5.75 Å². The van der Waals surface area contributed by atoms with Crippen molar-refractivity contribution in [1.82, 2.24) is 15.1 Å². The maximum atomic E-state index is 12.8. The van der Waals surface area contributed by atoms with E-state index in [1.165, 1.54) is 0 Å². The molecule has 1 saturated heterocycles. The molecule has 0 spiro atoms. The molecule has 2 unspecified atom stereocenters. The molecule has 2 atom stereocenters. The summed E-state index contributed by atoms with van der Waals surface area (Å²) in [6.07, 6.45) is 3.08. The van der Waals surface area contributed by atoms with Gasteiger partial charge in [-0.05, 0) is 55.2 Å². The van der Waals surface area contributed by atoms with Crippen molar-refractivity contribution in [2.24, 2.45) is 0 Å². The zero-order valence-corrected chi connectivity index (χ0v) is 18.7. The Hall–Kier alpha value is -2.04. The van der Waals surface area contributed by atoms with E-state index < -0.39 is 9.84 Å². The average Bonchev–Trinajstić information content (AvgIpc) is 3.34. The number of amides is 1. The zero-order chi connectivity index (χ0) is 21.7. The van der Waals surface area contributed by atoms with E-state index in [0.717, 1.165) is 11.3 Å². The van der Waals surface area contributed by atoms with Gasteiger partial charge in [-0.2, -0.15) is 16.9 Å². The SMILES string of the molecule is COc1ccc(-c2cc(C(=O)NC(CO)CCSC)nn2C2CCS(=O)(=O)C2)cc1. The third kappa shape index (κ3) is 5.35. The minimum absolute atomic E-state index is 0.00584. The highest BCUT2D eigenvalue weighted by molar-refractivity contribution is 7.98. The molecule has 2 N–H and O–H groups in total. The van der Waals surface area contributed by atoms with E-state index in [9.17, 15) is 18.3 Å². The van der Waals surface area contributed by atoms with Gasteiger partial charge in [-0.3, -0.25) is 9.48 Å². The number of hydrogen-bond acceptors (Lipinski definition) is 7. The average molecular weight is 454 g/mol. The van der Waals surface area contributed by atoms with Crippen molar-refractivity contribution >= 4 is 27.5 Å². The van der Waals surface area contributed by atoms with E-state index in [1.54, 1.807) is 29.6 Å². The van der Waals surface area contributed by atoms with E-state index in [2.05, 4.69) is 10.4 Å². The second-order valence-corrected chi connectivity index (χ2v) is 10.5. The molecular formula is C20H27N3O5S2. The minimum Gasteiger partial charge on any atom is -0.497 e. The van der Waals surface area contributed by atoms with Gasteiger partial charge < -0.3 is 15.2 Å². The summed E-state index contributed by atoms with van der Waals surface area (Å²) in [5.74, 6) is 1.25. The van der Waals surface area contributed by atoms with Crippen molar-refractivity contribution in [3.05, 3.63) is 36.0 Å². The number of carbonyl (C=O) groups is 1. The van der Waals surface area contributed by atoms with Crippen LogP contribution in [0, 0.1) is 0 Å². The molecule has 1 aromatic heterocycles. The number of aliphatic hydroxyl groups is 1. The fraction of sp³-hybridized carbons (Fsp3) is 0.500. The van der Waals surface area contributed by atoms with Crippen LogP contribution in [0.2, 0.25) is 0 Å². The Bertz CT molecular complexity index is 973. The van der Waals surface area contributed by atoms with Gasteiger partial charge in [-0.1, -0.05) is 0 Å². The second kappa shape index (κ2) is 9.84. The monoisotopic (exact) mass is 453 g/mol. The Morgan fingerprint density at radius 3 is 2.70 bits per heavy atom.